The monoisotopic (exact) mass is 346 g/mol. The third-order valence-electron chi connectivity index (χ3n) is 2.72. The quantitative estimate of drug-likeness (QED) is 0.869. The standard InChI is InChI=1S/C12H15ClN4O2S2/c1-4-14-11-10(13)5-9(6-15-11)21(18,19)17-12-16-7(2)8(3)20-12/h5-6H,4H2,1-3H3,(H,14,15)(H,16,17). The van der Waals surface area contributed by atoms with Crippen molar-refractivity contribution >= 4 is 43.9 Å². The first-order chi connectivity index (χ1) is 9.83. The Morgan fingerprint density at radius 3 is 2.62 bits per heavy atom. The van der Waals surface area contributed by atoms with Gasteiger partial charge in [-0.2, -0.15) is 0 Å². The number of rotatable bonds is 5. The van der Waals surface area contributed by atoms with Gasteiger partial charge in [-0.1, -0.05) is 11.6 Å². The normalized spacial score (nSPS) is 11.4. The van der Waals surface area contributed by atoms with Crippen molar-refractivity contribution in [1.82, 2.24) is 9.97 Å². The fraction of sp³-hybridized carbons (Fsp3) is 0.333. The molecule has 0 bridgehead atoms. The number of pyridine rings is 1. The third-order valence-corrected chi connectivity index (χ3v) is 5.43. The summed E-state index contributed by atoms with van der Waals surface area (Å²) in [6, 6.07) is 1.36. The maximum absolute atomic E-state index is 12.3. The highest BCUT2D eigenvalue weighted by Gasteiger charge is 2.18. The minimum absolute atomic E-state index is 0.000316. The minimum Gasteiger partial charge on any atom is -0.369 e. The van der Waals surface area contributed by atoms with Crippen LogP contribution in [0.15, 0.2) is 17.2 Å². The van der Waals surface area contributed by atoms with Gasteiger partial charge in [0.25, 0.3) is 10.0 Å². The zero-order valence-electron chi connectivity index (χ0n) is 11.8. The molecule has 9 heteroatoms. The molecule has 0 aromatic carbocycles. The first-order valence-corrected chi connectivity index (χ1v) is 8.87. The van der Waals surface area contributed by atoms with Crippen molar-refractivity contribution in [3.8, 4) is 0 Å². The van der Waals surface area contributed by atoms with E-state index in [0.717, 1.165) is 10.6 Å². The van der Waals surface area contributed by atoms with E-state index in [2.05, 4.69) is 20.0 Å². The smallest absolute Gasteiger partial charge is 0.265 e. The van der Waals surface area contributed by atoms with Gasteiger partial charge >= 0.3 is 0 Å². The van der Waals surface area contributed by atoms with Gasteiger partial charge in [0.1, 0.15) is 10.7 Å². The second kappa shape index (κ2) is 6.17. The van der Waals surface area contributed by atoms with E-state index in [0.29, 0.717) is 17.5 Å². The van der Waals surface area contributed by atoms with Crippen LogP contribution in [0.3, 0.4) is 0 Å². The summed E-state index contributed by atoms with van der Waals surface area (Å²) in [7, 11) is -3.75. The Morgan fingerprint density at radius 1 is 1.38 bits per heavy atom. The van der Waals surface area contributed by atoms with Crippen molar-refractivity contribution in [2.24, 2.45) is 0 Å². The molecule has 2 aromatic rings. The number of hydrogen-bond donors (Lipinski definition) is 2. The molecule has 0 aliphatic heterocycles. The van der Waals surface area contributed by atoms with E-state index in [-0.39, 0.29) is 9.92 Å². The molecule has 114 valence electrons. The molecule has 0 aliphatic carbocycles. The fourth-order valence-corrected chi connectivity index (χ4v) is 3.87. The summed E-state index contributed by atoms with van der Waals surface area (Å²) in [4.78, 5) is 9.14. The lowest BCUT2D eigenvalue weighted by atomic mass is 10.4. The van der Waals surface area contributed by atoms with E-state index in [1.54, 1.807) is 0 Å². The number of anilines is 2. The summed E-state index contributed by atoms with van der Waals surface area (Å²) >= 11 is 7.30. The van der Waals surface area contributed by atoms with Gasteiger partial charge in [0.15, 0.2) is 5.13 Å². The van der Waals surface area contributed by atoms with Gasteiger partial charge in [-0.05, 0) is 26.8 Å². The van der Waals surface area contributed by atoms with Gasteiger partial charge in [-0.15, -0.1) is 11.3 Å². The summed E-state index contributed by atoms with van der Waals surface area (Å²) in [6.07, 6.45) is 1.26. The predicted octanol–water partition coefficient (Wildman–Crippen LogP) is 3.04. The topological polar surface area (TPSA) is 84.0 Å². The van der Waals surface area contributed by atoms with Gasteiger partial charge in [-0.25, -0.2) is 18.4 Å². The lowest BCUT2D eigenvalue weighted by molar-refractivity contribution is 0.601. The van der Waals surface area contributed by atoms with E-state index < -0.39 is 10.0 Å². The highest BCUT2D eigenvalue weighted by molar-refractivity contribution is 7.93. The van der Waals surface area contributed by atoms with Crippen molar-refractivity contribution in [3.63, 3.8) is 0 Å². The van der Waals surface area contributed by atoms with Crippen molar-refractivity contribution < 1.29 is 8.42 Å². The van der Waals surface area contributed by atoms with E-state index >= 15 is 0 Å². The summed E-state index contributed by atoms with van der Waals surface area (Å²) in [6.45, 7) is 6.26. The van der Waals surface area contributed by atoms with Crippen molar-refractivity contribution in [2.75, 3.05) is 16.6 Å². The highest BCUT2D eigenvalue weighted by Crippen LogP contribution is 2.26. The van der Waals surface area contributed by atoms with Crippen LogP contribution in [0.1, 0.15) is 17.5 Å². The zero-order chi connectivity index (χ0) is 15.6. The Labute approximate surface area is 132 Å². The van der Waals surface area contributed by atoms with Crippen LogP contribution >= 0.6 is 22.9 Å². The van der Waals surface area contributed by atoms with Crippen molar-refractivity contribution in [3.05, 3.63) is 27.9 Å². The lowest BCUT2D eigenvalue weighted by Crippen LogP contribution is -2.13. The Morgan fingerprint density at radius 2 is 2.10 bits per heavy atom. The lowest BCUT2D eigenvalue weighted by Gasteiger charge is -2.08. The Bertz CT molecular complexity index is 739. The molecule has 0 spiro atoms. The SMILES string of the molecule is CCNc1ncc(S(=O)(=O)Nc2nc(C)c(C)s2)cc1Cl. The number of aryl methyl sites for hydroxylation is 2. The summed E-state index contributed by atoms with van der Waals surface area (Å²) in [5.41, 5.74) is 0.802. The van der Waals surface area contributed by atoms with Crippen LogP contribution in [0, 0.1) is 13.8 Å². The Balaban J connectivity index is 2.29. The molecule has 21 heavy (non-hydrogen) atoms. The van der Waals surface area contributed by atoms with Gasteiger partial charge < -0.3 is 5.32 Å². The molecule has 2 rings (SSSR count). The van der Waals surface area contributed by atoms with Gasteiger partial charge in [-0.3, -0.25) is 4.72 Å². The molecule has 0 saturated carbocycles. The molecule has 2 heterocycles. The number of nitrogens with one attached hydrogen (secondary N) is 2. The van der Waals surface area contributed by atoms with E-state index in [1.165, 1.54) is 23.6 Å². The van der Waals surface area contributed by atoms with Crippen molar-refractivity contribution in [1.29, 1.82) is 0 Å². The second-order valence-electron chi connectivity index (χ2n) is 4.30. The zero-order valence-corrected chi connectivity index (χ0v) is 14.2. The summed E-state index contributed by atoms with van der Waals surface area (Å²) in [5, 5.41) is 3.53. The third kappa shape index (κ3) is 3.63. The average Bonchev–Trinajstić information content (AvgIpc) is 2.70. The molecule has 0 saturated heterocycles. The maximum Gasteiger partial charge on any atom is 0.265 e. The van der Waals surface area contributed by atoms with Gasteiger partial charge in [0.05, 0.1) is 10.7 Å². The molecular weight excluding hydrogens is 332 g/mol. The van der Waals surface area contributed by atoms with Crippen LogP contribution in [-0.2, 0) is 10.0 Å². The molecule has 0 aliphatic rings. The number of nitrogens with zero attached hydrogens (tertiary/aromatic N) is 2. The molecule has 0 atom stereocenters. The average molecular weight is 347 g/mol. The first kappa shape index (κ1) is 16.0. The minimum atomic E-state index is -3.75. The number of halogens is 1. The maximum atomic E-state index is 12.3. The molecular formula is C12H15ClN4O2S2. The van der Waals surface area contributed by atoms with E-state index in [9.17, 15) is 8.42 Å². The van der Waals surface area contributed by atoms with Crippen LogP contribution in [0.2, 0.25) is 5.02 Å². The van der Waals surface area contributed by atoms with Crippen LogP contribution in [-0.4, -0.2) is 24.9 Å². The van der Waals surface area contributed by atoms with E-state index in [1.807, 2.05) is 20.8 Å². The molecule has 0 amide bonds. The van der Waals surface area contributed by atoms with E-state index in [4.69, 9.17) is 11.6 Å². The fourth-order valence-electron chi connectivity index (χ4n) is 1.56. The summed E-state index contributed by atoms with van der Waals surface area (Å²) < 4.78 is 27.0. The summed E-state index contributed by atoms with van der Waals surface area (Å²) in [5.74, 6) is 0.457. The number of aromatic nitrogens is 2. The first-order valence-electron chi connectivity index (χ1n) is 6.19. The Kier molecular flexibility index (Phi) is 4.70. The molecule has 0 unspecified atom stereocenters. The molecule has 0 radical (unpaired) electrons. The predicted molar refractivity (Wildman–Crippen MR) is 85.8 cm³/mol. The van der Waals surface area contributed by atoms with Crippen LogP contribution in [0.5, 0.6) is 0 Å². The number of hydrogen-bond acceptors (Lipinski definition) is 6. The van der Waals surface area contributed by atoms with Gasteiger partial charge in [0.2, 0.25) is 0 Å². The van der Waals surface area contributed by atoms with Crippen LogP contribution < -0.4 is 10.0 Å². The highest BCUT2D eigenvalue weighted by atomic mass is 35.5. The van der Waals surface area contributed by atoms with Crippen LogP contribution in [0.25, 0.3) is 0 Å². The number of sulfonamides is 1. The largest absolute Gasteiger partial charge is 0.369 e. The molecule has 2 aromatic heterocycles. The Hall–Kier alpha value is -1.38. The van der Waals surface area contributed by atoms with Gasteiger partial charge in [0, 0.05) is 17.6 Å². The van der Waals surface area contributed by atoms with Crippen molar-refractivity contribution in [2.45, 2.75) is 25.7 Å². The number of thiazole rings is 1. The second-order valence-corrected chi connectivity index (χ2v) is 7.59. The molecule has 2 N–H and O–H groups in total. The molecule has 0 fully saturated rings. The van der Waals surface area contributed by atoms with Crippen LogP contribution in [0.4, 0.5) is 10.9 Å². The molecule has 6 nitrogen and oxygen atoms in total.